The minimum Gasteiger partial charge on any atom is -0.294 e. The highest BCUT2D eigenvalue weighted by atomic mass is 14.8. The standard InChI is InChI=1S/C8H13N/c1-2-3-5-8-6-4-7-9-8/h2H,1,3-7H2. The van der Waals surface area contributed by atoms with Crippen LogP contribution in [0.1, 0.15) is 25.7 Å². The van der Waals surface area contributed by atoms with Crippen molar-refractivity contribution in [3.05, 3.63) is 12.7 Å². The van der Waals surface area contributed by atoms with Gasteiger partial charge in [-0.15, -0.1) is 6.58 Å². The first-order chi connectivity index (χ1) is 4.43. The van der Waals surface area contributed by atoms with E-state index in [1.54, 1.807) is 0 Å². The fourth-order valence-electron chi connectivity index (χ4n) is 1.07. The molecule has 1 aliphatic rings. The number of hydrogen-bond donors (Lipinski definition) is 0. The summed E-state index contributed by atoms with van der Waals surface area (Å²) in [6.45, 7) is 4.73. The number of allylic oxidation sites excluding steroid dienone is 1. The molecule has 0 aromatic rings. The Bertz CT molecular complexity index is 125. The van der Waals surface area contributed by atoms with Crippen molar-refractivity contribution in [1.29, 1.82) is 0 Å². The summed E-state index contributed by atoms with van der Waals surface area (Å²) in [6, 6.07) is 0. The maximum atomic E-state index is 4.34. The molecule has 1 nitrogen and oxygen atoms in total. The van der Waals surface area contributed by atoms with Crippen molar-refractivity contribution in [2.75, 3.05) is 6.54 Å². The normalized spacial score (nSPS) is 17.6. The monoisotopic (exact) mass is 123 g/mol. The highest BCUT2D eigenvalue weighted by Gasteiger charge is 2.03. The zero-order valence-electron chi connectivity index (χ0n) is 5.77. The van der Waals surface area contributed by atoms with Crippen LogP contribution in [0.4, 0.5) is 0 Å². The third-order valence-electron chi connectivity index (χ3n) is 1.60. The Kier molecular flexibility index (Phi) is 2.49. The van der Waals surface area contributed by atoms with Crippen molar-refractivity contribution in [3.63, 3.8) is 0 Å². The van der Waals surface area contributed by atoms with Gasteiger partial charge in [-0.3, -0.25) is 4.99 Å². The first-order valence-electron chi connectivity index (χ1n) is 3.56. The molecule has 1 rings (SSSR count). The maximum Gasteiger partial charge on any atom is 0.0392 e. The van der Waals surface area contributed by atoms with Crippen LogP contribution < -0.4 is 0 Å². The first-order valence-corrected chi connectivity index (χ1v) is 3.56. The van der Waals surface area contributed by atoms with Gasteiger partial charge in [0.15, 0.2) is 0 Å². The molecule has 1 heterocycles. The van der Waals surface area contributed by atoms with Gasteiger partial charge in [0.25, 0.3) is 0 Å². The summed E-state index contributed by atoms with van der Waals surface area (Å²) >= 11 is 0. The van der Waals surface area contributed by atoms with Crippen molar-refractivity contribution in [3.8, 4) is 0 Å². The van der Waals surface area contributed by atoms with Gasteiger partial charge in [0, 0.05) is 12.3 Å². The summed E-state index contributed by atoms with van der Waals surface area (Å²) < 4.78 is 0. The smallest absolute Gasteiger partial charge is 0.0392 e. The Balaban J connectivity index is 2.18. The van der Waals surface area contributed by atoms with Gasteiger partial charge in [-0.2, -0.15) is 0 Å². The number of aliphatic imine (C=N–C) groups is 1. The van der Waals surface area contributed by atoms with Gasteiger partial charge in [-0.05, 0) is 25.7 Å². The van der Waals surface area contributed by atoms with E-state index in [9.17, 15) is 0 Å². The van der Waals surface area contributed by atoms with Gasteiger partial charge in [0.05, 0.1) is 0 Å². The molecule has 0 radical (unpaired) electrons. The molecule has 50 valence electrons. The topological polar surface area (TPSA) is 12.4 Å². The zero-order valence-corrected chi connectivity index (χ0v) is 5.77. The van der Waals surface area contributed by atoms with Crippen LogP contribution in [0, 0.1) is 0 Å². The molecule has 1 aliphatic heterocycles. The summed E-state index contributed by atoms with van der Waals surface area (Å²) in [5.74, 6) is 0. The average Bonchev–Trinajstić information content (AvgIpc) is 2.34. The summed E-state index contributed by atoms with van der Waals surface area (Å²) in [7, 11) is 0. The maximum absolute atomic E-state index is 4.34. The molecule has 0 fully saturated rings. The Morgan fingerprint density at radius 3 is 3.11 bits per heavy atom. The van der Waals surface area contributed by atoms with Crippen LogP contribution in [0.3, 0.4) is 0 Å². The average molecular weight is 123 g/mol. The molecule has 0 saturated carbocycles. The highest BCUT2D eigenvalue weighted by Crippen LogP contribution is 2.08. The molecule has 0 saturated heterocycles. The lowest BCUT2D eigenvalue weighted by molar-refractivity contribution is 0.945. The quantitative estimate of drug-likeness (QED) is 0.510. The minimum absolute atomic E-state index is 1.06. The van der Waals surface area contributed by atoms with Gasteiger partial charge in [0.2, 0.25) is 0 Å². The van der Waals surface area contributed by atoms with Crippen molar-refractivity contribution >= 4 is 5.71 Å². The second-order valence-corrected chi connectivity index (χ2v) is 2.38. The van der Waals surface area contributed by atoms with E-state index in [2.05, 4.69) is 11.6 Å². The molecular weight excluding hydrogens is 110 g/mol. The number of nitrogens with zero attached hydrogens (tertiary/aromatic N) is 1. The van der Waals surface area contributed by atoms with Gasteiger partial charge >= 0.3 is 0 Å². The Hall–Kier alpha value is -0.590. The molecule has 0 spiro atoms. The molecule has 9 heavy (non-hydrogen) atoms. The fraction of sp³-hybridized carbons (Fsp3) is 0.625. The van der Waals surface area contributed by atoms with Crippen LogP contribution >= 0.6 is 0 Å². The summed E-state index contributed by atoms with van der Waals surface area (Å²) in [6.07, 6.45) is 6.70. The molecule has 0 aromatic carbocycles. The van der Waals surface area contributed by atoms with Crippen molar-refractivity contribution in [2.45, 2.75) is 25.7 Å². The van der Waals surface area contributed by atoms with E-state index in [0.29, 0.717) is 0 Å². The molecular formula is C8H13N. The molecule has 0 N–H and O–H groups in total. The van der Waals surface area contributed by atoms with Gasteiger partial charge in [-0.25, -0.2) is 0 Å². The van der Waals surface area contributed by atoms with Crippen molar-refractivity contribution in [2.24, 2.45) is 4.99 Å². The van der Waals surface area contributed by atoms with Crippen molar-refractivity contribution in [1.82, 2.24) is 0 Å². The van der Waals surface area contributed by atoms with Crippen LogP contribution in [0.2, 0.25) is 0 Å². The van der Waals surface area contributed by atoms with E-state index in [4.69, 9.17) is 0 Å². The Morgan fingerprint density at radius 1 is 1.67 bits per heavy atom. The third kappa shape index (κ3) is 2.00. The Morgan fingerprint density at radius 2 is 2.56 bits per heavy atom. The molecule has 1 heteroatoms. The SMILES string of the molecule is C=CCCC1=NCCC1. The molecule has 0 amide bonds. The minimum atomic E-state index is 1.06. The lowest BCUT2D eigenvalue weighted by Crippen LogP contribution is -1.90. The lowest BCUT2D eigenvalue weighted by atomic mass is 10.1. The zero-order chi connectivity index (χ0) is 6.53. The van der Waals surface area contributed by atoms with Crippen LogP contribution in [0.15, 0.2) is 17.6 Å². The molecule has 0 atom stereocenters. The van der Waals surface area contributed by atoms with Gasteiger partial charge in [0.1, 0.15) is 0 Å². The van der Waals surface area contributed by atoms with E-state index in [-0.39, 0.29) is 0 Å². The predicted molar refractivity (Wildman–Crippen MR) is 41.0 cm³/mol. The molecule has 0 aromatic heterocycles. The van der Waals surface area contributed by atoms with Gasteiger partial charge < -0.3 is 0 Å². The van der Waals surface area contributed by atoms with E-state index < -0.39 is 0 Å². The summed E-state index contributed by atoms with van der Waals surface area (Å²) in [4.78, 5) is 4.34. The number of rotatable bonds is 3. The Labute approximate surface area is 56.5 Å². The van der Waals surface area contributed by atoms with Gasteiger partial charge in [-0.1, -0.05) is 6.08 Å². The van der Waals surface area contributed by atoms with E-state index in [1.807, 2.05) is 6.08 Å². The van der Waals surface area contributed by atoms with Crippen LogP contribution in [-0.2, 0) is 0 Å². The molecule has 0 unspecified atom stereocenters. The van der Waals surface area contributed by atoms with Crippen LogP contribution in [-0.4, -0.2) is 12.3 Å². The fourth-order valence-corrected chi connectivity index (χ4v) is 1.07. The van der Waals surface area contributed by atoms with Crippen molar-refractivity contribution < 1.29 is 0 Å². The van der Waals surface area contributed by atoms with E-state index in [1.165, 1.54) is 18.6 Å². The number of hydrogen-bond acceptors (Lipinski definition) is 1. The predicted octanol–water partition coefficient (Wildman–Crippen LogP) is 2.19. The summed E-state index contributed by atoms with van der Waals surface area (Å²) in [5.41, 5.74) is 1.40. The van der Waals surface area contributed by atoms with Crippen LogP contribution in [0.5, 0.6) is 0 Å². The molecule has 0 aliphatic carbocycles. The third-order valence-corrected chi connectivity index (χ3v) is 1.60. The second-order valence-electron chi connectivity index (χ2n) is 2.38. The lowest BCUT2D eigenvalue weighted by Gasteiger charge is -1.92. The summed E-state index contributed by atoms with van der Waals surface area (Å²) in [5, 5.41) is 0. The van der Waals surface area contributed by atoms with E-state index in [0.717, 1.165) is 19.4 Å². The second kappa shape index (κ2) is 3.44. The van der Waals surface area contributed by atoms with E-state index >= 15 is 0 Å². The van der Waals surface area contributed by atoms with Crippen LogP contribution in [0.25, 0.3) is 0 Å². The highest BCUT2D eigenvalue weighted by molar-refractivity contribution is 5.85. The first kappa shape index (κ1) is 6.53. The molecule has 0 bridgehead atoms. The largest absolute Gasteiger partial charge is 0.294 e.